The second-order valence-electron chi connectivity index (χ2n) is 9.31. The normalized spacial score (nSPS) is 11.1. The van der Waals surface area contributed by atoms with Gasteiger partial charge in [0.1, 0.15) is 16.7 Å². The molecule has 2 aromatic heterocycles. The zero-order valence-corrected chi connectivity index (χ0v) is 22.8. The van der Waals surface area contributed by atoms with E-state index in [4.69, 9.17) is 26.1 Å². The molecule has 6 nitrogen and oxygen atoms in total. The minimum atomic E-state index is -0.256. The lowest BCUT2D eigenvalue weighted by Crippen LogP contribution is -2.24. The molecule has 0 amide bonds. The third-order valence-corrected chi connectivity index (χ3v) is 7.23. The standard InChI is InChI=1S/C33H26ClN3O3/c1-39-26-17-13-22(14-18-26)21-36-30(25-11-7-4-8-12-25)28(23-9-5-3-6-10-23)32-35-31(34)29(33(38)37(32)36)24-15-19-27(40-2)20-16-24/h3-20H,21H2,1-2H3. The summed E-state index contributed by atoms with van der Waals surface area (Å²) < 4.78 is 14.3. The average Bonchev–Trinajstić information content (AvgIpc) is 3.32. The Hall–Kier alpha value is -4.81. The number of rotatable bonds is 7. The molecule has 6 rings (SSSR count). The Bertz CT molecular complexity index is 1840. The summed E-state index contributed by atoms with van der Waals surface area (Å²) in [5.74, 6) is 1.45. The molecule has 0 saturated carbocycles. The minimum absolute atomic E-state index is 0.147. The van der Waals surface area contributed by atoms with Gasteiger partial charge in [-0.3, -0.25) is 9.48 Å². The van der Waals surface area contributed by atoms with Gasteiger partial charge in [-0.25, -0.2) is 4.98 Å². The van der Waals surface area contributed by atoms with Gasteiger partial charge < -0.3 is 9.47 Å². The predicted molar refractivity (Wildman–Crippen MR) is 159 cm³/mol. The lowest BCUT2D eigenvalue weighted by molar-refractivity contribution is 0.414. The maximum atomic E-state index is 14.4. The topological polar surface area (TPSA) is 57.8 Å². The first-order chi connectivity index (χ1) is 19.6. The van der Waals surface area contributed by atoms with Crippen molar-refractivity contribution in [1.29, 1.82) is 0 Å². The first-order valence-electron chi connectivity index (χ1n) is 12.8. The van der Waals surface area contributed by atoms with Crippen molar-refractivity contribution >= 4 is 17.2 Å². The van der Waals surface area contributed by atoms with Crippen molar-refractivity contribution in [2.45, 2.75) is 6.54 Å². The average molecular weight is 548 g/mol. The fourth-order valence-corrected chi connectivity index (χ4v) is 5.29. The number of methoxy groups -OCH3 is 2. The molecule has 0 unspecified atom stereocenters. The van der Waals surface area contributed by atoms with Crippen molar-refractivity contribution in [3.05, 3.63) is 130 Å². The van der Waals surface area contributed by atoms with Crippen molar-refractivity contribution in [3.8, 4) is 45.0 Å². The van der Waals surface area contributed by atoms with E-state index in [0.717, 1.165) is 33.7 Å². The van der Waals surface area contributed by atoms with E-state index in [0.29, 0.717) is 29.1 Å². The molecule has 0 fully saturated rings. The van der Waals surface area contributed by atoms with E-state index in [-0.39, 0.29) is 10.7 Å². The maximum Gasteiger partial charge on any atom is 0.282 e. The maximum absolute atomic E-state index is 14.4. The van der Waals surface area contributed by atoms with Gasteiger partial charge in [-0.05, 0) is 41.0 Å². The molecule has 0 radical (unpaired) electrons. The highest BCUT2D eigenvalue weighted by Gasteiger charge is 2.26. The van der Waals surface area contributed by atoms with Gasteiger partial charge in [0, 0.05) is 5.56 Å². The summed E-state index contributed by atoms with van der Waals surface area (Å²) in [6.07, 6.45) is 0. The smallest absolute Gasteiger partial charge is 0.282 e. The summed E-state index contributed by atoms with van der Waals surface area (Å²) in [4.78, 5) is 19.3. The lowest BCUT2D eigenvalue weighted by Gasteiger charge is -2.14. The van der Waals surface area contributed by atoms with Crippen molar-refractivity contribution in [2.24, 2.45) is 0 Å². The van der Waals surface area contributed by atoms with E-state index in [1.165, 1.54) is 0 Å². The molecular formula is C33H26ClN3O3. The Balaban J connectivity index is 1.71. The number of aromatic nitrogens is 3. The van der Waals surface area contributed by atoms with E-state index in [2.05, 4.69) is 0 Å². The summed E-state index contributed by atoms with van der Waals surface area (Å²) >= 11 is 6.80. The number of hydrogen-bond acceptors (Lipinski definition) is 4. The second-order valence-corrected chi connectivity index (χ2v) is 9.67. The number of ether oxygens (including phenoxy) is 2. The quantitative estimate of drug-likeness (QED) is 0.198. The van der Waals surface area contributed by atoms with Gasteiger partial charge in [0.2, 0.25) is 0 Å². The Morgan fingerprint density at radius 1 is 0.675 bits per heavy atom. The Morgan fingerprint density at radius 3 is 1.77 bits per heavy atom. The van der Waals surface area contributed by atoms with Gasteiger partial charge in [-0.1, -0.05) is 96.5 Å². The fraction of sp³-hybridized carbons (Fsp3) is 0.0909. The highest BCUT2D eigenvalue weighted by Crippen LogP contribution is 2.38. The third-order valence-electron chi connectivity index (χ3n) is 6.96. The van der Waals surface area contributed by atoms with Crippen LogP contribution in [-0.2, 0) is 6.54 Å². The number of benzene rings is 4. The monoisotopic (exact) mass is 547 g/mol. The second kappa shape index (κ2) is 10.8. The SMILES string of the molecule is COc1ccc(Cn2c(-c3ccccc3)c(-c3ccccc3)c3nc(Cl)c(-c4ccc(OC)cc4)c(=O)n32)cc1. The zero-order valence-electron chi connectivity index (χ0n) is 22.0. The number of hydrogen-bond donors (Lipinski definition) is 0. The predicted octanol–water partition coefficient (Wildman–Crippen LogP) is 7.22. The molecule has 6 aromatic rings. The van der Waals surface area contributed by atoms with E-state index in [1.54, 1.807) is 30.9 Å². The van der Waals surface area contributed by atoms with Crippen LogP contribution in [-0.4, -0.2) is 28.4 Å². The van der Waals surface area contributed by atoms with Crippen LogP contribution < -0.4 is 15.0 Å². The molecule has 2 heterocycles. The molecule has 0 atom stereocenters. The van der Waals surface area contributed by atoms with Crippen LogP contribution in [0.5, 0.6) is 11.5 Å². The molecule has 0 aliphatic heterocycles. The number of nitrogens with zero attached hydrogens (tertiary/aromatic N) is 3. The molecule has 198 valence electrons. The van der Waals surface area contributed by atoms with Crippen molar-refractivity contribution in [3.63, 3.8) is 0 Å². The molecular weight excluding hydrogens is 522 g/mol. The molecule has 0 spiro atoms. The summed E-state index contributed by atoms with van der Waals surface area (Å²) in [6, 6.07) is 35.1. The van der Waals surface area contributed by atoms with Gasteiger partial charge >= 0.3 is 0 Å². The molecule has 0 bridgehead atoms. The first-order valence-corrected chi connectivity index (χ1v) is 13.2. The van der Waals surface area contributed by atoms with E-state index >= 15 is 0 Å². The third kappa shape index (κ3) is 4.52. The molecule has 0 aliphatic carbocycles. The molecule has 0 aliphatic rings. The van der Waals surface area contributed by atoms with Crippen LogP contribution in [0.2, 0.25) is 5.15 Å². The van der Waals surface area contributed by atoms with Crippen LogP contribution in [0, 0.1) is 0 Å². The highest BCUT2D eigenvalue weighted by molar-refractivity contribution is 6.32. The zero-order chi connectivity index (χ0) is 27.6. The van der Waals surface area contributed by atoms with Crippen LogP contribution in [0.15, 0.2) is 114 Å². The van der Waals surface area contributed by atoms with Crippen molar-refractivity contribution in [1.82, 2.24) is 14.2 Å². The summed E-state index contributed by atoms with van der Waals surface area (Å²) in [5.41, 5.74) is 5.83. The first kappa shape index (κ1) is 25.5. The lowest BCUT2D eigenvalue weighted by atomic mass is 10.0. The van der Waals surface area contributed by atoms with Crippen LogP contribution in [0.4, 0.5) is 0 Å². The Morgan fingerprint density at radius 2 is 1.20 bits per heavy atom. The fourth-order valence-electron chi connectivity index (χ4n) is 5.02. The summed E-state index contributed by atoms with van der Waals surface area (Å²) in [7, 11) is 3.25. The molecule has 0 saturated heterocycles. The van der Waals surface area contributed by atoms with Gasteiger partial charge in [0.25, 0.3) is 5.56 Å². The van der Waals surface area contributed by atoms with Crippen molar-refractivity contribution in [2.75, 3.05) is 14.2 Å². The minimum Gasteiger partial charge on any atom is -0.497 e. The Kier molecular flexibility index (Phi) is 6.84. The number of halogens is 1. The molecule has 40 heavy (non-hydrogen) atoms. The molecule has 0 N–H and O–H groups in total. The summed E-state index contributed by atoms with van der Waals surface area (Å²) in [6.45, 7) is 0.419. The van der Waals surface area contributed by atoms with Gasteiger partial charge in [-0.15, -0.1) is 0 Å². The van der Waals surface area contributed by atoms with Crippen LogP contribution >= 0.6 is 11.6 Å². The van der Waals surface area contributed by atoms with Crippen LogP contribution in [0.3, 0.4) is 0 Å². The highest BCUT2D eigenvalue weighted by atomic mass is 35.5. The van der Waals surface area contributed by atoms with Gasteiger partial charge in [0.15, 0.2) is 5.65 Å². The summed E-state index contributed by atoms with van der Waals surface area (Å²) in [5, 5.41) is 0.147. The molecule has 7 heteroatoms. The van der Waals surface area contributed by atoms with Crippen LogP contribution in [0.25, 0.3) is 39.2 Å². The van der Waals surface area contributed by atoms with E-state index in [9.17, 15) is 4.79 Å². The number of fused-ring (bicyclic) bond motifs is 1. The van der Waals surface area contributed by atoms with Crippen LogP contribution in [0.1, 0.15) is 5.56 Å². The van der Waals surface area contributed by atoms with E-state index in [1.807, 2.05) is 102 Å². The largest absolute Gasteiger partial charge is 0.497 e. The van der Waals surface area contributed by atoms with Gasteiger partial charge in [0.05, 0.1) is 37.6 Å². The molecule has 4 aromatic carbocycles. The Labute approximate surface area is 236 Å². The van der Waals surface area contributed by atoms with Crippen molar-refractivity contribution < 1.29 is 9.47 Å². The van der Waals surface area contributed by atoms with E-state index < -0.39 is 0 Å². The van der Waals surface area contributed by atoms with Gasteiger partial charge in [-0.2, -0.15) is 4.52 Å².